The summed E-state index contributed by atoms with van der Waals surface area (Å²) in [5.41, 5.74) is 0. The van der Waals surface area contributed by atoms with Crippen molar-refractivity contribution >= 4 is 0 Å². The zero-order valence-corrected chi connectivity index (χ0v) is 8.80. The van der Waals surface area contributed by atoms with Crippen molar-refractivity contribution in [1.29, 1.82) is 0 Å². The van der Waals surface area contributed by atoms with Crippen LogP contribution in [0.5, 0.6) is 0 Å². The first-order valence-corrected chi connectivity index (χ1v) is 6.07. The largest absolute Gasteiger partial charge is 0.393 e. The van der Waals surface area contributed by atoms with Crippen LogP contribution in [0.15, 0.2) is 0 Å². The van der Waals surface area contributed by atoms with Gasteiger partial charge < -0.3 is 5.11 Å². The summed E-state index contributed by atoms with van der Waals surface area (Å²) in [6, 6.07) is 0. The van der Waals surface area contributed by atoms with Gasteiger partial charge in [0.05, 0.1) is 6.10 Å². The van der Waals surface area contributed by atoms with E-state index in [1.54, 1.807) is 0 Å². The Bertz CT molecular complexity index is 99.7. The Morgan fingerprint density at radius 2 is 0.846 bits per heavy atom. The van der Waals surface area contributed by atoms with Gasteiger partial charge in [-0.05, 0) is 12.8 Å². The Balaban J connectivity index is 2.11. The lowest BCUT2D eigenvalue weighted by Crippen LogP contribution is -2.06. The highest BCUT2D eigenvalue weighted by atomic mass is 16.3. The molecule has 0 aromatic carbocycles. The highest BCUT2D eigenvalue weighted by Crippen LogP contribution is 2.16. The van der Waals surface area contributed by atoms with Crippen molar-refractivity contribution < 1.29 is 5.11 Å². The fourth-order valence-corrected chi connectivity index (χ4v) is 2.14. The molecule has 1 saturated carbocycles. The van der Waals surface area contributed by atoms with Crippen LogP contribution in [0.25, 0.3) is 0 Å². The fraction of sp³-hybridized carbons (Fsp3) is 1.00. The minimum absolute atomic E-state index is 0.000531. The molecule has 1 nitrogen and oxygen atoms in total. The van der Waals surface area contributed by atoms with Gasteiger partial charge in [0, 0.05) is 0 Å². The van der Waals surface area contributed by atoms with Crippen LogP contribution in [-0.4, -0.2) is 11.2 Å². The van der Waals surface area contributed by atoms with Gasteiger partial charge in [-0.3, -0.25) is 0 Å². The van der Waals surface area contributed by atoms with E-state index in [2.05, 4.69) is 0 Å². The molecule has 1 N–H and O–H groups in total. The van der Waals surface area contributed by atoms with E-state index in [1.165, 1.54) is 57.8 Å². The maximum absolute atomic E-state index is 9.59. The lowest BCUT2D eigenvalue weighted by Gasteiger charge is -2.11. The van der Waals surface area contributed by atoms with Gasteiger partial charge >= 0.3 is 0 Å². The van der Waals surface area contributed by atoms with E-state index in [0.717, 1.165) is 12.8 Å². The third-order valence-corrected chi connectivity index (χ3v) is 3.07. The van der Waals surface area contributed by atoms with E-state index in [-0.39, 0.29) is 6.10 Å². The second-order valence-electron chi connectivity index (χ2n) is 4.41. The second kappa shape index (κ2) is 7.37. The van der Waals surface area contributed by atoms with E-state index in [9.17, 15) is 5.11 Å². The van der Waals surface area contributed by atoms with Crippen LogP contribution in [0, 0.1) is 0 Å². The van der Waals surface area contributed by atoms with Crippen molar-refractivity contribution in [1.82, 2.24) is 0 Å². The van der Waals surface area contributed by atoms with Crippen molar-refractivity contribution in [3.63, 3.8) is 0 Å². The van der Waals surface area contributed by atoms with Gasteiger partial charge in [0.1, 0.15) is 0 Å². The van der Waals surface area contributed by atoms with Crippen molar-refractivity contribution in [3.8, 4) is 0 Å². The second-order valence-corrected chi connectivity index (χ2v) is 4.41. The molecule has 0 spiro atoms. The molecular formula is C12H24O. The lowest BCUT2D eigenvalue weighted by molar-refractivity contribution is 0.146. The molecule has 0 unspecified atom stereocenters. The van der Waals surface area contributed by atoms with E-state index >= 15 is 0 Å². The third-order valence-electron chi connectivity index (χ3n) is 3.07. The Labute approximate surface area is 82.5 Å². The van der Waals surface area contributed by atoms with Gasteiger partial charge in [0.15, 0.2) is 0 Å². The van der Waals surface area contributed by atoms with Crippen LogP contribution in [0.3, 0.4) is 0 Å². The van der Waals surface area contributed by atoms with E-state index in [4.69, 9.17) is 0 Å². The van der Waals surface area contributed by atoms with E-state index < -0.39 is 0 Å². The summed E-state index contributed by atoms with van der Waals surface area (Å²) >= 11 is 0. The lowest BCUT2D eigenvalue weighted by atomic mass is 10.00. The summed E-state index contributed by atoms with van der Waals surface area (Å²) in [7, 11) is 0. The first-order chi connectivity index (χ1) is 6.39. The average molecular weight is 184 g/mol. The molecule has 0 amide bonds. The zero-order chi connectivity index (χ0) is 9.36. The van der Waals surface area contributed by atoms with Gasteiger partial charge in [-0.25, -0.2) is 0 Å². The number of aliphatic hydroxyl groups excluding tert-OH is 1. The van der Waals surface area contributed by atoms with E-state index in [0.29, 0.717) is 0 Å². The minimum atomic E-state index is -0.000531. The highest BCUT2D eigenvalue weighted by molar-refractivity contribution is 4.58. The highest BCUT2D eigenvalue weighted by Gasteiger charge is 2.04. The summed E-state index contributed by atoms with van der Waals surface area (Å²) in [5, 5.41) is 9.59. The Morgan fingerprint density at radius 3 is 1.23 bits per heavy atom. The number of hydrogen-bond donors (Lipinski definition) is 1. The molecule has 0 aliphatic heterocycles. The van der Waals surface area contributed by atoms with Crippen LogP contribution in [0.1, 0.15) is 70.6 Å². The van der Waals surface area contributed by atoms with Crippen LogP contribution in [-0.2, 0) is 0 Å². The summed E-state index contributed by atoms with van der Waals surface area (Å²) < 4.78 is 0. The molecule has 1 fully saturated rings. The summed E-state index contributed by atoms with van der Waals surface area (Å²) in [6.07, 6.45) is 14.2. The Kier molecular flexibility index (Phi) is 6.26. The third kappa shape index (κ3) is 6.09. The normalized spacial score (nSPS) is 24.7. The summed E-state index contributed by atoms with van der Waals surface area (Å²) in [4.78, 5) is 0. The summed E-state index contributed by atoms with van der Waals surface area (Å²) in [5.74, 6) is 0. The maximum atomic E-state index is 9.59. The average Bonchev–Trinajstić information content (AvgIpc) is 2.11. The molecule has 1 heteroatoms. The molecule has 0 atom stereocenters. The molecule has 1 rings (SSSR count). The molecular weight excluding hydrogens is 160 g/mol. The van der Waals surface area contributed by atoms with Gasteiger partial charge in [-0.15, -0.1) is 0 Å². The van der Waals surface area contributed by atoms with Gasteiger partial charge in [0.25, 0.3) is 0 Å². The number of rotatable bonds is 0. The van der Waals surface area contributed by atoms with Crippen LogP contribution in [0.4, 0.5) is 0 Å². The fourth-order valence-electron chi connectivity index (χ4n) is 2.14. The van der Waals surface area contributed by atoms with Gasteiger partial charge in [-0.1, -0.05) is 57.8 Å². The topological polar surface area (TPSA) is 20.2 Å². The van der Waals surface area contributed by atoms with Crippen molar-refractivity contribution in [2.75, 3.05) is 0 Å². The van der Waals surface area contributed by atoms with Crippen LogP contribution in [0.2, 0.25) is 0 Å². The SMILES string of the molecule is OC1CCCCCCCCCCC1. The first-order valence-electron chi connectivity index (χ1n) is 6.07. The van der Waals surface area contributed by atoms with Gasteiger partial charge in [0.2, 0.25) is 0 Å². The number of aliphatic hydroxyl groups is 1. The van der Waals surface area contributed by atoms with Crippen molar-refractivity contribution in [2.24, 2.45) is 0 Å². The van der Waals surface area contributed by atoms with Crippen LogP contribution >= 0.6 is 0 Å². The molecule has 0 radical (unpaired) electrons. The van der Waals surface area contributed by atoms with Crippen molar-refractivity contribution in [2.45, 2.75) is 76.7 Å². The molecule has 0 aromatic rings. The smallest absolute Gasteiger partial charge is 0.0540 e. The Hall–Kier alpha value is -0.0400. The zero-order valence-electron chi connectivity index (χ0n) is 8.80. The summed E-state index contributed by atoms with van der Waals surface area (Å²) in [6.45, 7) is 0. The Morgan fingerprint density at radius 1 is 0.538 bits per heavy atom. The standard InChI is InChI=1S/C12H24O/c13-12-10-8-6-4-2-1-3-5-7-9-11-12/h12-13H,1-11H2. The minimum Gasteiger partial charge on any atom is -0.393 e. The molecule has 78 valence electrons. The molecule has 0 saturated heterocycles. The molecule has 13 heavy (non-hydrogen) atoms. The molecule has 0 bridgehead atoms. The van der Waals surface area contributed by atoms with Crippen molar-refractivity contribution in [3.05, 3.63) is 0 Å². The predicted octanol–water partition coefficient (Wildman–Crippen LogP) is 3.65. The first kappa shape index (κ1) is 11.0. The number of hydrogen-bond acceptors (Lipinski definition) is 1. The quantitative estimate of drug-likeness (QED) is 0.609. The van der Waals surface area contributed by atoms with Gasteiger partial charge in [-0.2, -0.15) is 0 Å². The van der Waals surface area contributed by atoms with E-state index in [1.807, 2.05) is 0 Å². The molecule has 0 heterocycles. The molecule has 1 aliphatic rings. The molecule has 1 aliphatic carbocycles. The molecule has 0 aromatic heterocycles. The predicted molar refractivity (Wildman–Crippen MR) is 56.8 cm³/mol. The monoisotopic (exact) mass is 184 g/mol. The van der Waals surface area contributed by atoms with Crippen LogP contribution < -0.4 is 0 Å². The maximum Gasteiger partial charge on any atom is 0.0540 e.